The van der Waals surface area contributed by atoms with Crippen LogP contribution in [0, 0.1) is 0 Å². The minimum absolute atomic E-state index is 0.224. The van der Waals surface area contributed by atoms with Gasteiger partial charge in [-0.15, -0.1) is 0 Å². The lowest BCUT2D eigenvalue weighted by Crippen LogP contribution is -2.03. The van der Waals surface area contributed by atoms with Gasteiger partial charge in [-0.05, 0) is 61.5 Å². The summed E-state index contributed by atoms with van der Waals surface area (Å²) in [7, 11) is 0. The summed E-state index contributed by atoms with van der Waals surface area (Å²) < 4.78 is 6.96. The molecule has 0 saturated carbocycles. The van der Waals surface area contributed by atoms with Crippen LogP contribution >= 0.6 is 0 Å². The maximum absolute atomic E-state index is 11.8. The van der Waals surface area contributed by atoms with Crippen LogP contribution in [0.5, 0.6) is 5.75 Å². The summed E-state index contributed by atoms with van der Waals surface area (Å²) >= 11 is 0. The van der Waals surface area contributed by atoms with Gasteiger partial charge in [0.1, 0.15) is 5.75 Å². The third kappa shape index (κ3) is 3.95. The molecule has 0 aliphatic heterocycles. The zero-order valence-electron chi connectivity index (χ0n) is 13.8. The number of ether oxygens (including phenoxy) is 1. The number of benzene rings is 2. The molecule has 25 heavy (non-hydrogen) atoms. The lowest BCUT2D eigenvalue weighted by molar-refractivity contribution is 0.0526. The normalized spacial score (nSPS) is 10.9. The van der Waals surface area contributed by atoms with Gasteiger partial charge in [-0.3, -0.25) is 4.99 Å². The van der Waals surface area contributed by atoms with E-state index in [1.54, 1.807) is 43.5 Å². The highest BCUT2D eigenvalue weighted by Gasteiger charge is 2.06. The number of nitrogens with zero attached hydrogens (tertiary/aromatic N) is 2. The number of hydrogen-bond donors (Lipinski definition) is 1. The second-order valence-corrected chi connectivity index (χ2v) is 5.35. The zero-order valence-corrected chi connectivity index (χ0v) is 13.8. The lowest BCUT2D eigenvalue weighted by Gasteiger charge is -2.06. The van der Waals surface area contributed by atoms with Crippen molar-refractivity contribution in [2.75, 3.05) is 6.61 Å². The monoisotopic (exact) mass is 334 g/mol. The predicted octanol–water partition coefficient (Wildman–Crippen LogP) is 4.11. The van der Waals surface area contributed by atoms with Crippen LogP contribution in [-0.2, 0) is 4.74 Å². The van der Waals surface area contributed by atoms with Crippen molar-refractivity contribution in [2.24, 2.45) is 4.99 Å². The molecule has 0 unspecified atom stereocenters. The maximum atomic E-state index is 11.8. The molecule has 0 atom stereocenters. The molecule has 5 nitrogen and oxygen atoms in total. The molecule has 0 aliphatic rings. The van der Waals surface area contributed by atoms with Gasteiger partial charge in [0.2, 0.25) is 0 Å². The van der Waals surface area contributed by atoms with E-state index in [0.29, 0.717) is 17.9 Å². The zero-order chi connectivity index (χ0) is 17.6. The molecule has 3 aromatic rings. The van der Waals surface area contributed by atoms with Crippen LogP contribution < -0.4 is 0 Å². The summed E-state index contributed by atoms with van der Waals surface area (Å²) in [5.41, 5.74) is 2.95. The van der Waals surface area contributed by atoms with Crippen molar-refractivity contribution >= 4 is 17.9 Å². The lowest BCUT2D eigenvalue weighted by atomic mass is 10.2. The van der Waals surface area contributed by atoms with Crippen LogP contribution in [0.3, 0.4) is 0 Å². The molecule has 0 bridgehead atoms. The van der Waals surface area contributed by atoms with E-state index >= 15 is 0 Å². The first-order valence-electron chi connectivity index (χ1n) is 7.95. The highest BCUT2D eigenvalue weighted by molar-refractivity contribution is 5.90. The Labute approximate surface area is 145 Å². The van der Waals surface area contributed by atoms with Gasteiger partial charge >= 0.3 is 5.97 Å². The molecule has 0 fully saturated rings. The van der Waals surface area contributed by atoms with E-state index in [2.05, 4.69) is 4.99 Å². The van der Waals surface area contributed by atoms with Crippen LogP contribution in [0.15, 0.2) is 71.9 Å². The molecule has 0 radical (unpaired) electrons. The minimum Gasteiger partial charge on any atom is -0.508 e. The molecule has 0 spiro atoms. The van der Waals surface area contributed by atoms with Gasteiger partial charge < -0.3 is 14.4 Å². The molecule has 0 aliphatic carbocycles. The number of aliphatic imine (C=N–C) groups is 1. The van der Waals surface area contributed by atoms with Gasteiger partial charge in [-0.1, -0.05) is 6.07 Å². The van der Waals surface area contributed by atoms with Crippen LogP contribution in [0.25, 0.3) is 5.69 Å². The number of esters is 1. The van der Waals surface area contributed by atoms with Crippen LogP contribution in [0.2, 0.25) is 0 Å². The molecule has 1 heterocycles. The van der Waals surface area contributed by atoms with Crippen LogP contribution in [0.1, 0.15) is 23.0 Å². The van der Waals surface area contributed by atoms with Gasteiger partial charge in [-0.25, -0.2) is 4.79 Å². The topological polar surface area (TPSA) is 63.8 Å². The third-order valence-corrected chi connectivity index (χ3v) is 3.61. The number of phenols is 1. The Bertz CT molecular complexity index is 895. The van der Waals surface area contributed by atoms with E-state index < -0.39 is 0 Å². The van der Waals surface area contributed by atoms with E-state index in [1.165, 1.54) is 0 Å². The second-order valence-electron chi connectivity index (χ2n) is 5.35. The SMILES string of the molecule is CCOC(=O)c1cccc(N=Cc2cccn2-c2ccc(O)cc2)c1. The van der Waals surface area contributed by atoms with Crippen molar-refractivity contribution in [3.05, 3.63) is 78.1 Å². The van der Waals surface area contributed by atoms with E-state index in [1.807, 2.05) is 41.1 Å². The number of aromatic nitrogens is 1. The van der Waals surface area contributed by atoms with Crippen molar-refractivity contribution in [1.29, 1.82) is 0 Å². The average molecular weight is 334 g/mol. The van der Waals surface area contributed by atoms with Crippen molar-refractivity contribution in [3.63, 3.8) is 0 Å². The fourth-order valence-corrected chi connectivity index (χ4v) is 2.42. The molecule has 0 amide bonds. The van der Waals surface area contributed by atoms with E-state index in [-0.39, 0.29) is 11.7 Å². The molecule has 2 aromatic carbocycles. The highest BCUT2D eigenvalue weighted by atomic mass is 16.5. The second kappa shape index (κ2) is 7.49. The number of hydrogen-bond acceptors (Lipinski definition) is 4. The summed E-state index contributed by atoms with van der Waals surface area (Å²) in [5, 5.41) is 9.41. The molecular weight excluding hydrogens is 316 g/mol. The standard InChI is InChI=1S/C20H18N2O3/c1-2-25-20(24)15-5-3-6-16(13-15)21-14-18-7-4-12-22(18)17-8-10-19(23)11-9-17/h3-14,23H,2H2,1H3. The molecule has 126 valence electrons. The summed E-state index contributed by atoms with van der Waals surface area (Å²) in [6.07, 6.45) is 3.65. The average Bonchev–Trinajstić information content (AvgIpc) is 3.10. The van der Waals surface area contributed by atoms with Crippen molar-refractivity contribution in [1.82, 2.24) is 4.57 Å². The summed E-state index contributed by atoms with van der Waals surface area (Å²) in [6, 6.07) is 17.8. The van der Waals surface area contributed by atoms with Gasteiger partial charge in [0, 0.05) is 11.9 Å². The number of phenolic OH excluding ortho intramolecular Hbond substituents is 1. The molecule has 3 rings (SSSR count). The quantitative estimate of drug-likeness (QED) is 0.564. The Kier molecular flexibility index (Phi) is 4.95. The predicted molar refractivity (Wildman–Crippen MR) is 97.1 cm³/mol. The summed E-state index contributed by atoms with van der Waals surface area (Å²) in [5.74, 6) is -0.131. The number of aromatic hydroxyl groups is 1. The molecule has 0 saturated heterocycles. The minimum atomic E-state index is -0.355. The highest BCUT2D eigenvalue weighted by Crippen LogP contribution is 2.18. The molecular formula is C20H18N2O3. The Morgan fingerprint density at radius 2 is 1.96 bits per heavy atom. The Morgan fingerprint density at radius 3 is 2.72 bits per heavy atom. The van der Waals surface area contributed by atoms with Gasteiger partial charge in [-0.2, -0.15) is 0 Å². The van der Waals surface area contributed by atoms with E-state index in [9.17, 15) is 9.90 Å². The van der Waals surface area contributed by atoms with E-state index in [4.69, 9.17) is 4.74 Å². The summed E-state index contributed by atoms with van der Waals surface area (Å²) in [4.78, 5) is 16.3. The van der Waals surface area contributed by atoms with Crippen LogP contribution in [-0.4, -0.2) is 28.5 Å². The Hall–Kier alpha value is -3.34. The van der Waals surface area contributed by atoms with Crippen LogP contribution in [0.4, 0.5) is 5.69 Å². The fraction of sp³-hybridized carbons (Fsp3) is 0.100. The first kappa shape index (κ1) is 16.5. The first-order valence-corrected chi connectivity index (χ1v) is 7.95. The summed E-state index contributed by atoms with van der Waals surface area (Å²) in [6.45, 7) is 2.11. The Balaban J connectivity index is 1.84. The van der Waals surface area contributed by atoms with Crippen molar-refractivity contribution < 1.29 is 14.6 Å². The van der Waals surface area contributed by atoms with E-state index in [0.717, 1.165) is 11.4 Å². The molecule has 5 heteroatoms. The third-order valence-electron chi connectivity index (χ3n) is 3.61. The van der Waals surface area contributed by atoms with Gasteiger partial charge in [0.15, 0.2) is 0 Å². The van der Waals surface area contributed by atoms with Crippen molar-refractivity contribution in [2.45, 2.75) is 6.92 Å². The number of rotatable bonds is 5. The Morgan fingerprint density at radius 1 is 1.16 bits per heavy atom. The number of carbonyl (C=O) groups excluding carboxylic acids is 1. The van der Waals surface area contributed by atoms with Crippen molar-refractivity contribution in [3.8, 4) is 11.4 Å². The first-order chi connectivity index (χ1) is 12.2. The fourth-order valence-electron chi connectivity index (χ4n) is 2.42. The largest absolute Gasteiger partial charge is 0.508 e. The van der Waals surface area contributed by atoms with Gasteiger partial charge in [0.25, 0.3) is 0 Å². The molecule has 1 aromatic heterocycles. The smallest absolute Gasteiger partial charge is 0.338 e. The maximum Gasteiger partial charge on any atom is 0.338 e. The number of carbonyl (C=O) groups is 1. The molecule has 1 N–H and O–H groups in total. The van der Waals surface area contributed by atoms with Gasteiger partial charge in [0.05, 0.1) is 29.8 Å².